The third-order valence-electron chi connectivity index (χ3n) is 3.58. The second kappa shape index (κ2) is 8.15. The third-order valence-corrected chi connectivity index (χ3v) is 3.58. The maximum atomic E-state index is 12.9. The average Bonchev–Trinajstić information content (AvgIpc) is 2.60. The number of halogens is 1. The summed E-state index contributed by atoms with van der Waals surface area (Å²) in [5, 5.41) is 2.83. The van der Waals surface area contributed by atoms with Gasteiger partial charge < -0.3 is 14.8 Å². The van der Waals surface area contributed by atoms with Crippen LogP contribution in [0.15, 0.2) is 48.5 Å². The van der Waals surface area contributed by atoms with Gasteiger partial charge in [-0.25, -0.2) is 4.39 Å². The maximum absolute atomic E-state index is 12.9. The second-order valence-corrected chi connectivity index (χ2v) is 5.22. The van der Waals surface area contributed by atoms with Gasteiger partial charge in [0.1, 0.15) is 17.3 Å². The second-order valence-electron chi connectivity index (χ2n) is 5.22. The standard InChI is InChI=1S/C19H20FNO3/c1-13(14-4-7-16(20)8-5-14)21-19(22)11-6-15-12-17(23-2)9-10-18(15)24-3/h4-13H,1-3H3,(H,21,22)/b11-6+/t13-/m1/s1. The predicted molar refractivity (Wildman–Crippen MR) is 91.5 cm³/mol. The van der Waals surface area contributed by atoms with Crippen LogP contribution in [0.25, 0.3) is 6.08 Å². The zero-order valence-corrected chi connectivity index (χ0v) is 13.9. The molecule has 0 aliphatic heterocycles. The molecule has 4 nitrogen and oxygen atoms in total. The van der Waals surface area contributed by atoms with Gasteiger partial charge in [-0.2, -0.15) is 0 Å². The molecule has 0 bridgehead atoms. The van der Waals surface area contributed by atoms with Crippen molar-refractivity contribution < 1.29 is 18.7 Å². The van der Waals surface area contributed by atoms with Gasteiger partial charge >= 0.3 is 0 Å². The number of methoxy groups -OCH3 is 2. The van der Waals surface area contributed by atoms with Crippen molar-refractivity contribution in [1.29, 1.82) is 0 Å². The van der Waals surface area contributed by atoms with Crippen molar-refractivity contribution in [3.63, 3.8) is 0 Å². The first kappa shape index (κ1) is 17.5. The first-order valence-corrected chi connectivity index (χ1v) is 7.49. The van der Waals surface area contributed by atoms with E-state index >= 15 is 0 Å². The van der Waals surface area contributed by atoms with Crippen LogP contribution in [-0.4, -0.2) is 20.1 Å². The van der Waals surface area contributed by atoms with E-state index in [0.29, 0.717) is 11.5 Å². The fourth-order valence-electron chi connectivity index (χ4n) is 2.23. The largest absolute Gasteiger partial charge is 0.497 e. The van der Waals surface area contributed by atoms with Crippen molar-refractivity contribution in [3.05, 3.63) is 65.5 Å². The van der Waals surface area contributed by atoms with Crippen LogP contribution < -0.4 is 14.8 Å². The first-order valence-electron chi connectivity index (χ1n) is 7.49. The van der Waals surface area contributed by atoms with Gasteiger partial charge in [0.05, 0.1) is 20.3 Å². The normalized spacial score (nSPS) is 12.0. The third kappa shape index (κ3) is 4.59. The topological polar surface area (TPSA) is 47.6 Å². The van der Waals surface area contributed by atoms with E-state index in [1.54, 1.807) is 50.6 Å². The molecule has 0 aliphatic rings. The molecular formula is C19H20FNO3. The van der Waals surface area contributed by atoms with E-state index in [9.17, 15) is 9.18 Å². The number of hydrogen-bond donors (Lipinski definition) is 1. The van der Waals surface area contributed by atoms with E-state index in [1.807, 2.05) is 6.92 Å². The molecule has 0 unspecified atom stereocenters. The molecule has 2 aromatic rings. The van der Waals surface area contributed by atoms with Gasteiger partial charge in [0.25, 0.3) is 0 Å². The molecule has 0 saturated carbocycles. The number of rotatable bonds is 6. The number of carbonyl (C=O) groups excluding carboxylic acids is 1. The Kier molecular flexibility index (Phi) is 5.95. The van der Waals surface area contributed by atoms with E-state index < -0.39 is 0 Å². The molecular weight excluding hydrogens is 309 g/mol. The van der Waals surface area contributed by atoms with Gasteiger partial charge in [-0.3, -0.25) is 4.79 Å². The van der Waals surface area contributed by atoms with Gasteiger partial charge in [0.2, 0.25) is 5.91 Å². The Balaban J connectivity index is 2.06. The molecule has 0 saturated heterocycles. The quantitative estimate of drug-likeness (QED) is 0.822. The molecule has 2 aromatic carbocycles. The summed E-state index contributed by atoms with van der Waals surface area (Å²) in [5.41, 5.74) is 1.57. The average molecular weight is 329 g/mol. The molecule has 0 spiro atoms. The fraction of sp³-hybridized carbons (Fsp3) is 0.211. The van der Waals surface area contributed by atoms with Crippen molar-refractivity contribution in [2.75, 3.05) is 14.2 Å². The van der Waals surface area contributed by atoms with Crippen LogP contribution in [0.2, 0.25) is 0 Å². The van der Waals surface area contributed by atoms with E-state index in [0.717, 1.165) is 11.1 Å². The van der Waals surface area contributed by atoms with Gasteiger partial charge in [-0.1, -0.05) is 12.1 Å². The number of nitrogens with one attached hydrogen (secondary N) is 1. The summed E-state index contributed by atoms with van der Waals surface area (Å²) in [7, 11) is 3.14. The molecule has 0 aliphatic carbocycles. The van der Waals surface area contributed by atoms with Gasteiger partial charge in [-0.05, 0) is 48.9 Å². The Morgan fingerprint density at radius 1 is 1.12 bits per heavy atom. The fourth-order valence-corrected chi connectivity index (χ4v) is 2.23. The van der Waals surface area contributed by atoms with Crippen LogP contribution >= 0.6 is 0 Å². The Labute approximate surface area is 140 Å². The molecule has 0 fully saturated rings. The molecule has 24 heavy (non-hydrogen) atoms. The van der Waals surface area contributed by atoms with E-state index in [2.05, 4.69) is 5.32 Å². The Morgan fingerprint density at radius 3 is 2.46 bits per heavy atom. The van der Waals surface area contributed by atoms with Gasteiger partial charge in [0.15, 0.2) is 0 Å². The highest BCUT2D eigenvalue weighted by Gasteiger charge is 2.08. The molecule has 1 atom stereocenters. The lowest BCUT2D eigenvalue weighted by atomic mass is 10.1. The van der Waals surface area contributed by atoms with Crippen molar-refractivity contribution in [2.24, 2.45) is 0 Å². The lowest BCUT2D eigenvalue weighted by Gasteiger charge is -2.13. The van der Waals surface area contributed by atoms with Crippen LogP contribution in [0.4, 0.5) is 4.39 Å². The minimum Gasteiger partial charge on any atom is -0.497 e. The molecule has 0 radical (unpaired) electrons. The van der Waals surface area contributed by atoms with Gasteiger partial charge in [-0.15, -0.1) is 0 Å². The van der Waals surface area contributed by atoms with Crippen molar-refractivity contribution in [1.82, 2.24) is 5.32 Å². The summed E-state index contributed by atoms with van der Waals surface area (Å²) in [5.74, 6) is 0.765. The highest BCUT2D eigenvalue weighted by molar-refractivity contribution is 5.92. The molecule has 1 N–H and O–H groups in total. The number of hydrogen-bond acceptors (Lipinski definition) is 3. The Bertz CT molecular complexity index is 726. The van der Waals surface area contributed by atoms with Crippen molar-refractivity contribution in [3.8, 4) is 11.5 Å². The minimum absolute atomic E-state index is 0.227. The van der Waals surface area contributed by atoms with Gasteiger partial charge in [0, 0.05) is 11.6 Å². The van der Waals surface area contributed by atoms with Crippen LogP contribution in [0.3, 0.4) is 0 Å². The minimum atomic E-state index is -0.303. The highest BCUT2D eigenvalue weighted by Crippen LogP contribution is 2.25. The van der Waals surface area contributed by atoms with Crippen molar-refractivity contribution in [2.45, 2.75) is 13.0 Å². The number of benzene rings is 2. The molecule has 0 aromatic heterocycles. The summed E-state index contributed by atoms with van der Waals surface area (Å²) in [6.07, 6.45) is 3.09. The summed E-state index contributed by atoms with van der Waals surface area (Å²) < 4.78 is 23.4. The monoisotopic (exact) mass is 329 g/mol. The Morgan fingerprint density at radius 2 is 1.83 bits per heavy atom. The predicted octanol–water partition coefficient (Wildman–Crippen LogP) is 3.73. The van der Waals surface area contributed by atoms with Crippen LogP contribution in [0, 0.1) is 5.82 Å². The Hall–Kier alpha value is -2.82. The van der Waals surface area contributed by atoms with Crippen LogP contribution in [0.5, 0.6) is 11.5 Å². The van der Waals surface area contributed by atoms with Crippen molar-refractivity contribution >= 4 is 12.0 Å². The van der Waals surface area contributed by atoms with Crippen LogP contribution in [0.1, 0.15) is 24.1 Å². The van der Waals surface area contributed by atoms with E-state index in [4.69, 9.17) is 9.47 Å². The molecule has 0 heterocycles. The summed E-state index contributed by atoms with van der Waals surface area (Å²) in [6.45, 7) is 1.84. The lowest BCUT2D eigenvalue weighted by molar-refractivity contribution is -0.117. The summed E-state index contributed by atoms with van der Waals surface area (Å²) >= 11 is 0. The van der Waals surface area contributed by atoms with E-state index in [-0.39, 0.29) is 17.8 Å². The zero-order valence-electron chi connectivity index (χ0n) is 13.9. The lowest BCUT2D eigenvalue weighted by Crippen LogP contribution is -2.24. The zero-order chi connectivity index (χ0) is 17.5. The number of carbonyl (C=O) groups is 1. The number of amides is 1. The van der Waals surface area contributed by atoms with E-state index in [1.165, 1.54) is 18.2 Å². The summed E-state index contributed by atoms with van der Waals surface area (Å²) in [6, 6.07) is 11.2. The molecule has 1 amide bonds. The van der Waals surface area contributed by atoms with Crippen LogP contribution in [-0.2, 0) is 4.79 Å². The SMILES string of the molecule is COc1ccc(OC)c(/C=C/C(=O)N[C@H](C)c2ccc(F)cc2)c1. The number of ether oxygens (including phenoxy) is 2. The molecule has 126 valence electrons. The maximum Gasteiger partial charge on any atom is 0.244 e. The summed E-state index contributed by atoms with van der Waals surface area (Å²) in [4.78, 5) is 12.1. The molecule has 2 rings (SSSR count). The first-order chi connectivity index (χ1) is 11.5. The molecule has 5 heteroatoms. The smallest absolute Gasteiger partial charge is 0.244 e. The highest BCUT2D eigenvalue weighted by atomic mass is 19.1.